The minimum Gasteiger partial charge on any atom is -0.324 e. The van der Waals surface area contributed by atoms with Gasteiger partial charge in [0.05, 0.1) is 11.7 Å². The Kier molecular flexibility index (Phi) is 12.6. The summed E-state index contributed by atoms with van der Waals surface area (Å²) in [4.78, 5) is 4.49. The quantitative estimate of drug-likeness (QED) is 0.135. The van der Waals surface area contributed by atoms with Crippen molar-refractivity contribution in [3.05, 3.63) is 127 Å². The van der Waals surface area contributed by atoms with Gasteiger partial charge in [-0.15, -0.1) is 0 Å². The molecule has 2 atom stereocenters. The van der Waals surface area contributed by atoms with Crippen molar-refractivity contribution >= 4 is 0 Å². The lowest BCUT2D eigenvalue weighted by Crippen LogP contribution is -2.54. The highest BCUT2D eigenvalue weighted by atomic mass is 15.5. The lowest BCUT2D eigenvalue weighted by atomic mass is 9.85. The summed E-state index contributed by atoms with van der Waals surface area (Å²) in [6, 6.07) is 25.8. The number of nitrogens with zero attached hydrogens (tertiary/aromatic N) is 3. The van der Waals surface area contributed by atoms with Crippen LogP contribution in [0.15, 0.2) is 116 Å². The Morgan fingerprint density at radius 1 is 0.952 bits per heavy atom. The highest BCUT2D eigenvalue weighted by Crippen LogP contribution is 2.28. The van der Waals surface area contributed by atoms with E-state index in [9.17, 15) is 0 Å². The van der Waals surface area contributed by atoms with Gasteiger partial charge in [0.1, 0.15) is 0 Å². The van der Waals surface area contributed by atoms with E-state index >= 15 is 0 Å². The zero-order chi connectivity index (χ0) is 30.5. The van der Waals surface area contributed by atoms with Crippen LogP contribution >= 0.6 is 0 Å². The number of hydrazine groups is 2. The van der Waals surface area contributed by atoms with Crippen molar-refractivity contribution in [2.24, 2.45) is 5.41 Å². The minimum absolute atomic E-state index is 0.0316. The summed E-state index contributed by atoms with van der Waals surface area (Å²) in [6.07, 6.45) is 9.00. The molecule has 3 aromatic rings. The molecule has 224 valence electrons. The number of rotatable bonds is 16. The van der Waals surface area contributed by atoms with E-state index in [1.165, 1.54) is 11.1 Å². The predicted octanol–water partition coefficient (Wildman–Crippen LogP) is 8.31. The summed E-state index contributed by atoms with van der Waals surface area (Å²) in [6.45, 7) is 23.4. The van der Waals surface area contributed by atoms with Gasteiger partial charge < -0.3 is 10.4 Å². The molecule has 0 saturated carbocycles. The first-order valence-electron chi connectivity index (χ1n) is 15.2. The number of nitrogens with one attached hydrogen (secondary N) is 2. The van der Waals surface area contributed by atoms with Crippen molar-refractivity contribution in [1.29, 1.82) is 0 Å². The van der Waals surface area contributed by atoms with Gasteiger partial charge in [-0.3, -0.25) is 4.98 Å². The summed E-state index contributed by atoms with van der Waals surface area (Å²) in [7, 11) is 0. The van der Waals surface area contributed by atoms with E-state index in [1.54, 1.807) is 0 Å². The number of pyridine rings is 1. The molecule has 0 aliphatic rings. The molecule has 2 N–H and O–H groups in total. The van der Waals surface area contributed by atoms with Crippen molar-refractivity contribution < 1.29 is 0 Å². The van der Waals surface area contributed by atoms with Crippen LogP contribution in [0.2, 0.25) is 0 Å². The van der Waals surface area contributed by atoms with Crippen molar-refractivity contribution in [3.8, 4) is 11.3 Å². The highest BCUT2D eigenvalue weighted by molar-refractivity contribution is 5.58. The second-order valence-corrected chi connectivity index (χ2v) is 12.2. The van der Waals surface area contributed by atoms with E-state index in [0.29, 0.717) is 0 Å². The van der Waals surface area contributed by atoms with Crippen LogP contribution in [-0.2, 0) is 13.0 Å². The zero-order valence-corrected chi connectivity index (χ0v) is 26.6. The van der Waals surface area contributed by atoms with E-state index in [2.05, 4.69) is 140 Å². The molecule has 0 aliphatic heterocycles. The average Bonchev–Trinajstić information content (AvgIpc) is 2.97. The fourth-order valence-corrected chi connectivity index (χ4v) is 5.08. The number of aromatic nitrogens is 1. The zero-order valence-electron chi connectivity index (χ0n) is 26.6. The van der Waals surface area contributed by atoms with Gasteiger partial charge in [-0.05, 0) is 61.8 Å². The summed E-state index contributed by atoms with van der Waals surface area (Å²) < 4.78 is 0. The molecule has 0 bridgehead atoms. The van der Waals surface area contributed by atoms with Gasteiger partial charge in [0.2, 0.25) is 0 Å². The molecular weight excluding hydrogens is 514 g/mol. The molecule has 0 fully saturated rings. The first-order valence-corrected chi connectivity index (χ1v) is 15.2. The van der Waals surface area contributed by atoms with Gasteiger partial charge in [-0.1, -0.05) is 114 Å². The maximum absolute atomic E-state index is 4.49. The van der Waals surface area contributed by atoms with Gasteiger partial charge in [-0.25, -0.2) is 10.4 Å². The van der Waals surface area contributed by atoms with Crippen LogP contribution in [0.5, 0.6) is 0 Å². The van der Waals surface area contributed by atoms with E-state index in [1.807, 2.05) is 31.3 Å². The van der Waals surface area contributed by atoms with Crippen LogP contribution in [0.1, 0.15) is 65.5 Å². The van der Waals surface area contributed by atoms with Gasteiger partial charge in [-0.2, -0.15) is 0 Å². The number of allylic oxidation sites excluding steroid dienone is 3. The van der Waals surface area contributed by atoms with E-state index in [-0.39, 0.29) is 17.5 Å². The third-order valence-electron chi connectivity index (χ3n) is 7.32. The number of hydrogen-bond donors (Lipinski definition) is 2. The predicted molar refractivity (Wildman–Crippen MR) is 179 cm³/mol. The minimum atomic E-state index is 0.0316. The van der Waals surface area contributed by atoms with Gasteiger partial charge in [0, 0.05) is 42.3 Å². The standard InChI is InChI=1S/C37H51N5/c1-9-16-36(37(6,7)8)42(30(5)10-2)40-34(27-31-17-12-11-13-18-31)24-26-41(39-29(3)4)28-32-20-22-33(23-21-32)35-19-14-15-25-38-35/h9,11-23,25,34,36,39-40H,3,5,10,24,26-28H2,1-2,4,6-8H3/b16-9+. The lowest BCUT2D eigenvalue weighted by molar-refractivity contribution is 0.0873. The highest BCUT2D eigenvalue weighted by Gasteiger charge is 2.30. The Hall–Kier alpha value is -3.67. The molecule has 2 aromatic carbocycles. The Balaban J connectivity index is 1.81. The van der Waals surface area contributed by atoms with Crippen molar-refractivity contribution in [1.82, 2.24) is 25.9 Å². The third-order valence-corrected chi connectivity index (χ3v) is 7.32. The second-order valence-electron chi connectivity index (χ2n) is 12.2. The Morgan fingerprint density at radius 3 is 2.21 bits per heavy atom. The lowest BCUT2D eigenvalue weighted by Gasteiger charge is -2.43. The molecular formula is C37H51N5. The smallest absolute Gasteiger partial charge is 0.0701 e. The monoisotopic (exact) mass is 565 g/mol. The van der Waals surface area contributed by atoms with Gasteiger partial charge >= 0.3 is 0 Å². The van der Waals surface area contributed by atoms with E-state index < -0.39 is 0 Å². The largest absolute Gasteiger partial charge is 0.324 e. The Bertz CT molecular complexity index is 1260. The van der Waals surface area contributed by atoms with Crippen LogP contribution < -0.4 is 10.9 Å². The molecule has 0 radical (unpaired) electrons. The van der Waals surface area contributed by atoms with Crippen LogP contribution in [0.3, 0.4) is 0 Å². The van der Waals surface area contributed by atoms with Crippen molar-refractivity contribution in [3.63, 3.8) is 0 Å². The molecule has 0 amide bonds. The molecule has 1 aromatic heterocycles. The Morgan fingerprint density at radius 2 is 1.64 bits per heavy atom. The number of benzene rings is 2. The normalized spacial score (nSPS) is 13.2. The summed E-state index contributed by atoms with van der Waals surface area (Å²) in [5, 5.41) is 4.59. The third kappa shape index (κ3) is 10.3. The Labute approximate surface area is 255 Å². The van der Waals surface area contributed by atoms with Crippen LogP contribution in [0.4, 0.5) is 0 Å². The maximum Gasteiger partial charge on any atom is 0.0701 e. The molecule has 5 heteroatoms. The van der Waals surface area contributed by atoms with Gasteiger partial charge in [0.15, 0.2) is 0 Å². The fraction of sp³-hybridized carbons (Fsp3) is 0.378. The molecule has 3 rings (SSSR count). The SMILES string of the molecule is C=C(C)NN(CCC(Cc1ccccc1)NN(C(=C)CC)C(/C=C/C)C(C)(C)C)Cc1ccc(-c2ccccn2)cc1. The van der Waals surface area contributed by atoms with E-state index in [0.717, 1.165) is 55.0 Å². The first-order chi connectivity index (χ1) is 20.1. The van der Waals surface area contributed by atoms with E-state index in [4.69, 9.17) is 0 Å². The average molecular weight is 566 g/mol. The molecule has 0 spiro atoms. The molecule has 1 heterocycles. The maximum atomic E-state index is 4.49. The van der Waals surface area contributed by atoms with Crippen LogP contribution in [-0.4, -0.2) is 33.6 Å². The summed E-state index contributed by atoms with van der Waals surface area (Å²) in [5.41, 5.74) is 14.2. The summed E-state index contributed by atoms with van der Waals surface area (Å²) in [5.74, 6) is 0. The first kappa shape index (κ1) is 32.8. The summed E-state index contributed by atoms with van der Waals surface area (Å²) >= 11 is 0. The van der Waals surface area contributed by atoms with Crippen LogP contribution in [0.25, 0.3) is 11.3 Å². The topological polar surface area (TPSA) is 43.4 Å². The molecule has 2 unspecified atom stereocenters. The number of hydrogen-bond acceptors (Lipinski definition) is 5. The van der Waals surface area contributed by atoms with Crippen molar-refractivity contribution in [2.75, 3.05) is 6.54 Å². The van der Waals surface area contributed by atoms with Gasteiger partial charge in [0.25, 0.3) is 0 Å². The fourth-order valence-electron chi connectivity index (χ4n) is 5.08. The molecule has 5 nitrogen and oxygen atoms in total. The molecule has 42 heavy (non-hydrogen) atoms. The molecule has 0 saturated heterocycles. The second kappa shape index (κ2) is 16.1. The van der Waals surface area contributed by atoms with Crippen LogP contribution in [0, 0.1) is 5.41 Å². The molecule has 0 aliphatic carbocycles. The van der Waals surface area contributed by atoms with Crippen molar-refractivity contribution in [2.45, 2.75) is 79.4 Å².